The molecular formula is C27H29F3N4O. The maximum atomic E-state index is 15.2. The quantitative estimate of drug-likeness (QED) is 0.448. The molecule has 5 nitrogen and oxygen atoms in total. The minimum atomic E-state index is -1.72. The van der Waals surface area contributed by atoms with E-state index < -0.39 is 12.8 Å². The Kier molecular flexibility index (Phi) is 6.83. The van der Waals surface area contributed by atoms with E-state index in [-0.39, 0.29) is 36.3 Å². The van der Waals surface area contributed by atoms with Crippen LogP contribution in [-0.4, -0.2) is 40.2 Å². The second-order valence-corrected chi connectivity index (χ2v) is 9.91. The first-order chi connectivity index (χ1) is 16.6. The highest BCUT2D eigenvalue weighted by Crippen LogP contribution is 2.32. The van der Waals surface area contributed by atoms with E-state index in [2.05, 4.69) is 36.1 Å². The van der Waals surface area contributed by atoms with Gasteiger partial charge < -0.3 is 10.2 Å². The fourth-order valence-corrected chi connectivity index (χ4v) is 4.18. The minimum absolute atomic E-state index is 0.142. The highest BCUT2D eigenvalue weighted by atomic mass is 19.2. The number of pyridine rings is 2. The van der Waals surface area contributed by atoms with Crippen molar-refractivity contribution in [3.05, 3.63) is 77.0 Å². The highest BCUT2D eigenvalue weighted by molar-refractivity contribution is 5.99. The largest absolute Gasteiger partial charge is 0.363 e. The first-order valence-electron chi connectivity index (χ1n) is 11.6. The van der Waals surface area contributed by atoms with Crippen molar-refractivity contribution in [1.82, 2.24) is 14.9 Å². The molecule has 184 valence electrons. The number of carbonyl (C=O) groups is 1. The standard InChI is InChI=1S/C27H29F3N4O/c1-16(33-25-22-15-34(14-19(29)13-28)26(35)21(22)8-10-32-25)17-5-6-20(23(30)11-17)18-7-9-31-24(12-18)27(2,3)4/h5-12,16,19H,13-15H2,1-4H3,(H,32,33)/t16-,19?/m0/s1. The Balaban J connectivity index is 1.54. The highest BCUT2D eigenvalue weighted by Gasteiger charge is 2.32. The molecule has 1 aliphatic heterocycles. The van der Waals surface area contributed by atoms with Gasteiger partial charge in [-0.25, -0.2) is 18.2 Å². The Hall–Kier alpha value is -3.42. The van der Waals surface area contributed by atoms with Gasteiger partial charge in [0.25, 0.3) is 5.91 Å². The van der Waals surface area contributed by atoms with Gasteiger partial charge in [0.2, 0.25) is 0 Å². The molecule has 3 heterocycles. The number of halogens is 3. The van der Waals surface area contributed by atoms with E-state index in [9.17, 15) is 13.6 Å². The van der Waals surface area contributed by atoms with Crippen LogP contribution >= 0.6 is 0 Å². The van der Waals surface area contributed by atoms with Gasteiger partial charge in [-0.15, -0.1) is 0 Å². The first-order valence-corrected chi connectivity index (χ1v) is 11.6. The number of alkyl halides is 2. The van der Waals surface area contributed by atoms with Crippen LogP contribution in [0.15, 0.2) is 48.8 Å². The van der Waals surface area contributed by atoms with Crippen molar-refractivity contribution in [3.8, 4) is 11.1 Å². The summed E-state index contributed by atoms with van der Waals surface area (Å²) in [6.45, 7) is 6.74. The summed E-state index contributed by atoms with van der Waals surface area (Å²) in [4.78, 5) is 22.6. The monoisotopic (exact) mass is 482 g/mol. The fraction of sp³-hybridized carbons (Fsp3) is 0.370. The van der Waals surface area contributed by atoms with E-state index in [1.807, 2.05) is 19.1 Å². The Morgan fingerprint density at radius 1 is 1.09 bits per heavy atom. The van der Waals surface area contributed by atoms with Gasteiger partial charge in [-0.05, 0) is 42.3 Å². The number of nitrogens with zero attached hydrogens (tertiary/aromatic N) is 3. The van der Waals surface area contributed by atoms with Gasteiger partial charge in [0.15, 0.2) is 0 Å². The molecule has 0 aliphatic carbocycles. The Morgan fingerprint density at radius 3 is 2.51 bits per heavy atom. The minimum Gasteiger partial charge on any atom is -0.363 e. The van der Waals surface area contributed by atoms with Crippen LogP contribution in [0.2, 0.25) is 0 Å². The van der Waals surface area contributed by atoms with E-state index >= 15 is 4.39 Å². The van der Waals surface area contributed by atoms with Gasteiger partial charge >= 0.3 is 0 Å². The lowest BCUT2D eigenvalue weighted by atomic mass is 9.89. The fourth-order valence-electron chi connectivity index (χ4n) is 4.18. The number of carbonyl (C=O) groups excluding carboxylic acids is 1. The number of anilines is 1. The molecule has 0 radical (unpaired) electrons. The van der Waals surface area contributed by atoms with Crippen molar-refractivity contribution in [3.63, 3.8) is 0 Å². The summed E-state index contributed by atoms with van der Waals surface area (Å²) in [5.41, 5.74) is 3.72. The van der Waals surface area contributed by atoms with Gasteiger partial charge in [0.1, 0.15) is 24.5 Å². The van der Waals surface area contributed by atoms with E-state index in [0.717, 1.165) is 11.3 Å². The maximum Gasteiger partial charge on any atom is 0.254 e. The van der Waals surface area contributed by atoms with E-state index in [1.165, 1.54) is 17.2 Å². The predicted octanol–water partition coefficient (Wildman–Crippen LogP) is 6.02. The molecule has 1 aromatic carbocycles. The van der Waals surface area contributed by atoms with Crippen LogP contribution in [0.1, 0.15) is 60.9 Å². The number of nitrogens with one attached hydrogen (secondary N) is 1. The molecular weight excluding hydrogens is 453 g/mol. The molecule has 3 aromatic rings. The van der Waals surface area contributed by atoms with Crippen LogP contribution in [-0.2, 0) is 12.0 Å². The van der Waals surface area contributed by atoms with Crippen LogP contribution < -0.4 is 5.32 Å². The average molecular weight is 483 g/mol. The Bertz CT molecular complexity index is 1240. The van der Waals surface area contributed by atoms with Crippen LogP contribution in [0.25, 0.3) is 11.1 Å². The summed E-state index contributed by atoms with van der Waals surface area (Å²) >= 11 is 0. The lowest BCUT2D eigenvalue weighted by molar-refractivity contribution is 0.0718. The third-order valence-corrected chi connectivity index (χ3v) is 6.19. The molecule has 4 rings (SSSR count). The van der Waals surface area contributed by atoms with Crippen molar-refractivity contribution < 1.29 is 18.0 Å². The summed E-state index contributed by atoms with van der Waals surface area (Å²) in [7, 11) is 0. The molecule has 2 aromatic heterocycles. The maximum absolute atomic E-state index is 15.2. The summed E-state index contributed by atoms with van der Waals surface area (Å²) in [5, 5.41) is 3.25. The van der Waals surface area contributed by atoms with Gasteiger partial charge in [-0.1, -0.05) is 32.9 Å². The smallest absolute Gasteiger partial charge is 0.254 e. The van der Waals surface area contributed by atoms with Crippen molar-refractivity contribution in [2.24, 2.45) is 0 Å². The molecule has 8 heteroatoms. The topological polar surface area (TPSA) is 58.1 Å². The number of benzene rings is 1. The summed E-state index contributed by atoms with van der Waals surface area (Å²) < 4.78 is 41.3. The lowest BCUT2D eigenvalue weighted by Gasteiger charge is -2.20. The Labute approximate surface area is 203 Å². The normalized spacial score (nSPS) is 15.2. The molecule has 1 aliphatic rings. The third-order valence-electron chi connectivity index (χ3n) is 6.19. The average Bonchev–Trinajstić information content (AvgIpc) is 3.14. The van der Waals surface area contributed by atoms with Crippen LogP contribution in [0.4, 0.5) is 19.0 Å². The molecule has 1 unspecified atom stereocenters. The van der Waals surface area contributed by atoms with Crippen LogP contribution in [0.5, 0.6) is 0 Å². The first kappa shape index (κ1) is 24.7. The number of amides is 1. The number of fused-ring (bicyclic) bond motifs is 1. The van der Waals surface area contributed by atoms with Crippen molar-refractivity contribution in [1.29, 1.82) is 0 Å². The molecule has 0 saturated heterocycles. The molecule has 35 heavy (non-hydrogen) atoms. The second kappa shape index (κ2) is 9.68. The SMILES string of the molecule is C[C@H](Nc1nccc2c1CN(CC(F)CF)C2=O)c1ccc(-c2ccnc(C(C)(C)C)c2)c(F)c1. The lowest BCUT2D eigenvalue weighted by Crippen LogP contribution is -2.31. The molecule has 0 saturated carbocycles. The predicted molar refractivity (Wildman–Crippen MR) is 130 cm³/mol. The van der Waals surface area contributed by atoms with E-state index in [4.69, 9.17) is 0 Å². The van der Waals surface area contributed by atoms with Gasteiger partial charge in [-0.2, -0.15) is 0 Å². The zero-order valence-corrected chi connectivity index (χ0v) is 20.3. The van der Waals surface area contributed by atoms with Gasteiger partial charge in [-0.3, -0.25) is 9.78 Å². The second-order valence-electron chi connectivity index (χ2n) is 9.91. The van der Waals surface area contributed by atoms with Crippen molar-refractivity contribution >= 4 is 11.7 Å². The van der Waals surface area contributed by atoms with Crippen molar-refractivity contribution in [2.45, 2.75) is 51.9 Å². The van der Waals surface area contributed by atoms with E-state index in [1.54, 1.807) is 24.4 Å². The number of aromatic nitrogens is 2. The molecule has 0 fully saturated rings. The van der Waals surface area contributed by atoms with Gasteiger partial charge in [0, 0.05) is 40.2 Å². The summed E-state index contributed by atoms with van der Waals surface area (Å²) in [6, 6.07) is 10.0. The molecule has 1 N–H and O–H groups in total. The zero-order chi connectivity index (χ0) is 25.3. The molecule has 1 amide bonds. The molecule has 0 bridgehead atoms. The molecule has 0 spiro atoms. The van der Waals surface area contributed by atoms with Crippen LogP contribution in [0, 0.1) is 5.82 Å². The third kappa shape index (κ3) is 5.16. The summed E-state index contributed by atoms with van der Waals surface area (Å²) in [5.74, 6) is -0.235. The summed E-state index contributed by atoms with van der Waals surface area (Å²) in [6.07, 6.45) is 1.47. The van der Waals surface area contributed by atoms with Crippen molar-refractivity contribution in [2.75, 3.05) is 18.5 Å². The number of rotatable bonds is 7. The Morgan fingerprint density at radius 2 is 1.83 bits per heavy atom. The van der Waals surface area contributed by atoms with E-state index in [0.29, 0.717) is 28.1 Å². The van der Waals surface area contributed by atoms with Gasteiger partial charge in [0.05, 0.1) is 19.1 Å². The number of hydrogen-bond donors (Lipinski definition) is 1. The zero-order valence-electron chi connectivity index (χ0n) is 20.3. The molecule has 2 atom stereocenters. The van der Waals surface area contributed by atoms with Crippen LogP contribution in [0.3, 0.4) is 0 Å². The number of hydrogen-bond acceptors (Lipinski definition) is 4.